The van der Waals surface area contributed by atoms with Gasteiger partial charge in [0.15, 0.2) is 0 Å². The molecule has 0 atom stereocenters. The van der Waals surface area contributed by atoms with Gasteiger partial charge in [0.25, 0.3) is 0 Å². The Morgan fingerprint density at radius 1 is 0.826 bits per heavy atom. The summed E-state index contributed by atoms with van der Waals surface area (Å²) in [5.74, 6) is -0.312. The molecule has 0 aromatic rings. The van der Waals surface area contributed by atoms with Crippen LogP contribution in [0.25, 0.3) is 0 Å². The molecule has 0 aliphatic carbocycles. The van der Waals surface area contributed by atoms with Crippen molar-refractivity contribution >= 4 is 5.97 Å². The van der Waals surface area contributed by atoms with Crippen molar-refractivity contribution in [1.29, 1.82) is 0 Å². The average Bonchev–Trinajstić information content (AvgIpc) is 2.57. The first-order chi connectivity index (χ1) is 11.3. The van der Waals surface area contributed by atoms with Gasteiger partial charge >= 0.3 is 5.97 Å². The molecule has 0 aromatic carbocycles. The summed E-state index contributed by atoms with van der Waals surface area (Å²) in [4.78, 5) is 10.8. The SMILES string of the molecule is C=CC(=O)OCCCCCCCC/C=C/C/C=C/CCCCC. The van der Waals surface area contributed by atoms with Crippen LogP contribution in [0.5, 0.6) is 0 Å². The van der Waals surface area contributed by atoms with E-state index in [4.69, 9.17) is 4.74 Å². The zero-order valence-corrected chi connectivity index (χ0v) is 15.1. The van der Waals surface area contributed by atoms with Gasteiger partial charge in [-0.05, 0) is 38.5 Å². The summed E-state index contributed by atoms with van der Waals surface area (Å²) in [5, 5.41) is 0. The lowest BCUT2D eigenvalue weighted by atomic mass is 10.1. The summed E-state index contributed by atoms with van der Waals surface area (Å²) in [6.07, 6.45) is 25.1. The first-order valence-corrected chi connectivity index (χ1v) is 9.40. The summed E-state index contributed by atoms with van der Waals surface area (Å²) >= 11 is 0. The maximum absolute atomic E-state index is 10.8. The van der Waals surface area contributed by atoms with Crippen LogP contribution in [0.1, 0.15) is 84.0 Å². The van der Waals surface area contributed by atoms with Crippen LogP contribution in [0.2, 0.25) is 0 Å². The molecule has 0 saturated heterocycles. The lowest BCUT2D eigenvalue weighted by molar-refractivity contribution is -0.137. The quantitative estimate of drug-likeness (QED) is 0.140. The van der Waals surface area contributed by atoms with Crippen LogP contribution in [0.3, 0.4) is 0 Å². The van der Waals surface area contributed by atoms with Gasteiger partial charge in [0, 0.05) is 6.08 Å². The van der Waals surface area contributed by atoms with E-state index < -0.39 is 0 Å². The predicted octanol–water partition coefficient (Wildman–Crippen LogP) is 6.53. The molecule has 23 heavy (non-hydrogen) atoms. The molecule has 0 radical (unpaired) electrons. The number of carbonyl (C=O) groups excluding carboxylic acids is 1. The van der Waals surface area contributed by atoms with Crippen molar-refractivity contribution in [3.63, 3.8) is 0 Å². The van der Waals surface area contributed by atoms with E-state index in [1.54, 1.807) is 0 Å². The number of hydrogen-bond acceptors (Lipinski definition) is 2. The van der Waals surface area contributed by atoms with Crippen LogP contribution in [-0.4, -0.2) is 12.6 Å². The Morgan fingerprint density at radius 2 is 1.39 bits per heavy atom. The van der Waals surface area contributed by atoms with Gasteiger partial charge in [-0.1, -0.05) is 76.3 Å². The molecule has 0 heterocycles. The normalized spacial score (nSPS) is 11.3. The number of hydrogen-bond donors (Lipinski definition) is 0. The maximum atomic E-state index is 10.8. The Kier molecular flexibility index (Phi) is 17.7. The van der Waals surface area contributed by atoms with Gasteiger partial charge in [0.05, 0.1) is 6.61 Å². The highest BCUT2D eigenvalue weighted by molar-refractivity contribution is 5.81. The van der Waals surface area contributed by atoms with Gasteiger partial charge in [0.1, 0.15) is 0 Å². The van der Waals surface area contributed by atoms with Crippen molar-refractivity contribution < 1.29 is 9.53 Å². The van der Waals surface area contributed by atoms with E-state index >= 15 is 0 Å². The summed E-state index contributed by atoms with van der Waals surface area (Å²) in [6.45, 7) is 6.14. The Hall–Kier alpha value is -1.31. The molecule has 0 saturated carbocycles. The fraction of sp³-hybridized carbons (Fsp3) is 0.667. The molecule has 0 aromatic heterocycles. The molecule has 132 valence electrons. The third-order valence-corrected chi connectivity index (χ3v) is 3.76. The van der Waals surface area contributed by atoms with Crippen LogP contribution in [-0.2, 0) is 9.53 Å². The van der Waals surface area contributed by atoms with E-state index in [9.17, 15) is 4.79 Å². The number of unbranched alkanes of at least 4 members (excludes halogenated alkanes) is 9. The maximum Gasteiger partial charge on any atom is 0.330 e. The molecule has 0 fully saturated rings. The minimum Gasteiger partial charge on any atom is -0.463 e. The smallest absolute Gasteiger partial charge is 0.330 e. The summed E-state index contributed by atoms with van der Waals surface area (Å²) < 4.78 is 4.94. The van der Waals surface area contributed by atoms with E-state index in [2.05, 4.69) is 37.8 Å². The van der Waals surface area contributed by atoms with Crippen molar-refractivity contribution in [2.24, 2.45) is 0 Å². The summed E-state index contributed by atoms with van der Waals surface area (Å²) in [6, 6.07) is 0. The summed E-state index contributed by atoms with van der Waals surface area (Å²) in [5.41, 5.74) is 0. The van der Waals surface area contributed by atoms with Crippen LogP contribution in [0, 0.1) is 0 Å². The second-order valence-electron chi connectivity index (χ2n) is 5.96. The zero-order valence-electron chi connectivity index (χ0n) is 15.1. The second kappa shape index (κ2) is 18.7. The minimum atomic E-state index is -0.312. The van der Waals surface area contributed by atoms with Gasteiger partial charge in [-0.25, -0.2) is 4.79 Å². The van der Waals surface area contributed by atoms with E-state index in [0.717, 1.165) is 19.3 Å². The number of rotatable bonds is 16. The number of ether oxygens (including phenoxy) is 1. The first-order valence-electron chi connectivity index (χ1n) is 9.40. The molecule has 0 rings (SSSR count). The number of carbonyl (C=O) groups is 1. The molecule has 0 unspecified atom stereocenters. The largest absolute Gasteiger partial charge is 0.463 e. The summed E-state index contributed by atoms with van der Waals surface area (Å²) in [7, 11) is 0. The van der Waals surface area contributed by atoms with E-state index in [1.807, 2.05) is 0 Å². The van der Waals surface area contributed by atoms with Crippen molar-refractivity contribution in [2.45, 2.75) is 84.0 Å². The Bertz CT molecular complexity index is 329. The molecular weight excluding hydrogens is 284 g/mol. The molecule has 0 amide bonds. The van der Waals surface area contributed by atoms with Crippen molar-refractivity contribution in [3.8, 4) is 0 Å². The zero-order chi connectivity index (χ0) is 17.0. The topological polar surface area (TPSA) is 26.3 Å². The van der Waals surface area contributed by atoms with Gasteiger partial charge in [-0.15, -0.1) is 0 Å². The molecule has 2 heteroatoms. The van der Waals surface area contributed by atoms with E-state index in [0.29, 0.717) is 6.61 Å². The average molecular weight is 321 g/mol. The molecule has 0 aliphatic heterocycles. The van der Waals surface area contributed by atoms with E-state index in [-0.39, 0.29) is 5.97 Å². The van der Waals surface area contributed by atoms with E-state index in [1.165, 1.54) is 63.9 Å². The lowest BCUT2D eigenvalue weighted by Crippen LogP contribution is -2.01. The first kappa shape index (κ1) is 21.7. The highest BCUT2D eigenvalue weighted by Crippen LogP contribution is 2.08. The fourth-order valence-electron chi connectivity index (χ4n) is 2.32. The molecule has 0 spiro atoms. The molecule has 0 bridgehead atoms. The number of esters is 1. The fourth-order valence-corrected chi connectivity index (χ4v) is 2.32. The predicted molar refractivity (Wildman–Crippen MR) is 101 cm³/mol. The lowest BCUT2D eigenvalue weighted by Gasteiger charge is -2.02. The standard InChI is InChI=1S/C21H36O2/c1-3-5-6-7-8-9-10-11-12-13-14-15-16-17-18-19-20-23-21(22)4-2/h4,8-9,11-12H,2-3,5-7,10,13-20H2,1H3/b9-8+,12-11+. The van der Waals surface area contributed by atoms with Crippen molar-refractivity contribution in [3.05, 3.63) is 37.0 Å². The van der Waals surface area contributed by atoms with Crippen molar-refractivity contribution in [2.75, 3.05) is 6.61 Å². The van der Waals surface area contributed by atoms with Crippen LogP contribution >= 0.6 is 0 Å². The molecule has 2 nitrogen and oxygen atoms in total. The van der Waals surface area contributed by atoms with Crippen molar-refractivity contribution in [1.82, 2.24) is 0 Å². The third-order valence-electron chi connectivity index (χ3n) is 3.76. The van der Waals surface area contributed by atoms with Crippen LogP contribution in [0.15, 0.2) is 37.0 Å². The second-order valence-corrected chi connectivity index (χ2v) is 5.96. The highest BCUT2D eigenvalue weighted by Gasteiger charge is 1.95. The minimum absolute atomic E-state index is 0.312. The third kappa shape index (κ3) is 18.6. The monoisotopic (exact) mass is 320 g/mol. The van der Waals surface area contributed by atoms with Gasteiger partial charge in [-0.2, -0.15) is 0 Å². The van der Waals surface area contributed by atoms with Gasteiger partial charge < -0.3 is 4.74 Å². The Morgan fingerprint density at radius 3 is 2.00 bits per heavy atom. The Balaban J connectivity index is 3.19. The van der Waals surface area contributed by atoms with Gasteiger partial charge in [-0.3, -0.25) is 0 Å². The highest BCUT2D eigenvalue weighted by atomic mass is 16.5. The number of allylic oxidation sites excluding steroid dienone is 4. The molecule has 0 aliphatic rings. The van der Waals surface area contributed by atoms with Gasteiger partial charge in [0.2, 0.25) is 0 Å². The van der Waals surface area contributed by atoms with Crippen LogP contribution in [0.4, 0.5) is 0 Å². The Labute approximate surface area is 143 Å². The molecule has 0 N–H and O–H groups in total. The molecular formula is C21H36O2. The van der Waals surface area contributed by atoms with Crippen LogP contribution < -0.4 is 0 Å².